The van der Waals surface area contributed by atoms with E-state index in [-0.39, 0.29) is 0 Å². The maximum absolute atomic E-state index is 11.9. The Kier molecular flexibility index (Phi) is 4.88. The van der Waals surface area contributed by atoms with E-state index in [1.807, 2.05) is 32.3 Å². The number of nitrogens with zero attached hydrogens (tertiary/aromatic N) is 1. The molecule has 0 heterocycles. The molecule has 2 rings (SSSR count). The quantitative estimate of drug-likeness (QED) is 0.875. The molecular formula is C17H25NO3. The van der Waals surface area contributed by atoms with Gasteiger partial charge in [0.1, 0.15) is 5.75 Å². The Morgan fingerprint density at radius 2 is 2.00 bits per heavy atom. The van der Waals surface area contributed by atoms with Crippen LogP contribution in [0.25, 0.3) is 0 Å². The van der Waals surface area contributed by atoms with Crippen molar-refractivity contribution in [1.29, 1.82) is 0 Å². The fraction of sp³-hybridized carbons (Fsp3) is 0.588. The highest BCUT2D eigenvalue weighted by molar-refractivity contribution is 5.83. The SMILES string of the molecule is COc1ccc(CCN(C)C)cc1C1(C(=O)O)CCCC1. The predicted octanol–water partition coefficient (Wildman–Crippen LogP) is 2.70. The zero-order valence-electron chi connectivity index (χ0n) is 13.2. The average Bonchev–Trinajstić information content (AvgIpc) is 2.95. The van der Waals surface area contributed by atoms with E-state index in [1.54, 1.807) is 7.11 Å². The molecule has 0 spiro atoms. The van der Waals surface area contributed by atoms with Gasteiger partial charge in [0.05, 0.1) is 12.5 Å². The van der Waals surface area contributed by atoms with Crippen LogP contribution in [0.2, 0.25) is 0 Å². The van der Waals surface area contributed by atoms with Crippen molar-refractivity contribution in [3.8, 4) is 5.75 Å². The van der Waals surface area contributed by atoms with Crippen LogP contribution < -0.4 is 4.74 Å². The number of carbonyl (C=O) groups is 1. The highest BCUT2D eigenvalue weighted by Gasteiger charge is 2.44. The summed E-state index contributed by atoms with van der Waals surface area (Å²) in [5.74, 6) is -0.0176. The lowest BCUT2D eigenvalue weighted by molar-refractivity contribution is -0.143. The molecule has 21 heavy (non-hydrogen) atoms. The molecule has 1 aromatic rings. The van der Waals surface area contributed by atoms with Crippen LogP contribution in [0.4, 0.5) is 0 Å². The molecule has 1 aliphatic carbocycles. The van der Waals surface area contributed by atoms with Crippen LogP contribution in [0.15, 0.2) is 18.2 Å². The van der Waals surface area contributed by atoms with E-state index in [1.165, 1.54) is 5.56 Å². The van der Waals surface area contributed by atoms with E-state index in [9.17, 15) is 9.90 Å². The first kappa shape index (κ1) is 15.8. The molecule has 1 aliphatic rings. The third-order valence-electron chi connectivity index (χ3n) is 4.49. The van der Waals surface area contributed by atoms with Crippen LogP contribution in [-0.2, 0) is 16.6 Å². The molecule has 1 N–H and O–H groups in total. The maximum atomic E-state index is 11.9. The molecule has 0 aliphatic heterocycles. The summed E-state index contributed by atoms with van der Waals surface area (Å²) in [5.41, 5.74) is 1.26. The van der Waals surface area contributed by atoms with Gasteiger partial charge in [0.2, 0.25) is 0 Å². The average molecular weight is 291 g/mol. The number of hydrogen-bond donors (Lipinski definition) is 1. The molecule has 1 aromatic carbocycles. The van der Waals surface area contributed by atoms with Crippen LogP contribution in [0, 0.1) is 0 Å². The Labute approximate surface area is 126 Å². The Bertz CT molecular complexity index is 505. The second kappa shape index (κ2) is 6.48. The third kappa shape index (κ3) is 3.21. The van der Waals surface area contributed by atoms with Gasteiger partial charge >= 0.3 is 5.97 Å². The molecular weight excluding hydrogens is 266 g/mol. The van der Waals surface area contributed by atoms with E-state index < -0.39 is 11.4 Å². The molecule has 0 radical (unpaired) electrons. The minimum atomic E-state index is -0.764. The van der Waals surface area contributed by atoms with Crippen LogP contribution in [0.1, 0.15) is 36.8 Å². The standard InChI is InChI=1S/C17H25NO3/c1-18(2)11-8-13-6-7-15(21-3)14(12-13)17(16(19)20)9-4-5-10-17/h6-7,12H,4-5,8-11H2,1-3H3,(H,19,20). The molecule has 0 bridgehead atoms. The van der Waals surface area contributed by atoms with Gasteiger partial charge in [-0.1, -0.05) is 25.0 Å². The molecule has 1 fully saturated rings. The number of rotatable bonds is 6. The zero-order chi connectivity index (χ0) is 15.5. The summed E-state index contributed by atoms with van der Waals surface area (Å²) in [7, 11) is 5.70. The number of benzene rings is 1. The van der Waals surface area contributed by atoms with Gasteiger partial charge in [-0.25, -0.2) is 0 Å². The summed E-state index contributed by atoms with van der Waals surface area (Å²) >= 11 is 0. The molecule has 4 heteroatoms. The fourth-order valence-electron chi connectivity index (χ4n) is 3.21. The zero-order valence-corrected chi connectivity index (χ0v) is 13.2. The van der Waals surface area contributed by atoms with E-state index in [2.05, 4.69) is 4.90 Å². The van der Waals surface area contributed by atoms with Crippen LogP contribution >= 0.6 is 0 Å². The first-order chi connectivity index (χ1) is 9.99. The molecule has 4 nitrogen and oxygen atoms in total. The fourth-order valence-corrected chi connectivity index (χ4v) is 3.21. The van der Waals surface area contributed by atoms with Gasteiger partial charge in [0.15, 0.2) is 0 Å². The highest BCUT2D eigenvalue weighted by atomic mass is 16.5. The smallest absolute Gasteiger partial charge is 0.314 e. The number of carboxylic acid groups (broad SMARTS) is 1. The normalized spacial score (nSPS) is 17.1. The number of methoxy groups -OCH3 is 1. The van der Waals surface area contributed by atoms with Crippen LogP contribution in [-0.4, -0.2) is 43.7 Å². The molecule has 1 saturated carbocycles. The lowest BCUT2D eigenvalue weighted by Crippen LogP contribution is -2.33. The third-order valence-corrected chi connectivity index (χ3v) is 4.49. The first-order valence-electron chi connectivity index (χ1n) is 7.55. The predicted molar refractivity (Wildman–Crippen MR) is 83.0 cm³/mol. The van der Waals surface area contributed by atoms with Gasteiger partial charge in [-0.3, -0.25) is 4.79 Å². The van der Waals surface area contributed by atoms with Crippen molar-refractivity contribution in [2.24, 2.45) is 0 Å². The number of ether oxygens (including phenoxy) is 1. The topological polar surface area (TPSA) is 49.8 Å². The van der Waals surface area contributed by atoms with Gasteiger partial charge in [-0.05, 0) is 45.0 Å². The number of hydrogen-bond acceptors (Lipinski definition) is 3. The van der Waals surface area contributed by atoms with Gasteiger partial charge in [-0.2, -0.15) is 0 Å². The summed E-state index contributed by atoms with van der Waals surface area (Å²) in [5, 5.41) is 9.78. The largest absolute Gasteiger partial charge is 0.496 e. The molecule has 0 atom stereocenters. The Morgan fingerprint density at radius 3 is 2.52 bits per heavy atom. The van der Waals surface area contributed by atoms with Gasteiger partial charge < -0.3 is 14.7 Å². The minimum absolute atomic E-state index is 0.702. The summed E-state index contributed by atoms with van der Waals surface area (Å²) in [6, 6.07) is 6.00. The van der Waals surface area contributed by atoms with Crippen molar-refractivity contribution in [3.63, 3.8) is 0 Å². The monoisotopic (exact) mass is 291 g/mol. The van der Waals surface area contributed by atoms with Gasteiger partial charge in [-0.15, -0.1) is 0 Å². The van der Waals surface area contributed by atoms with Gasteiger partial charge in [0, 0.05) is 12.1 Å². The molecule has 116 valence electrons. The van der Waals surface area contributed by atoms with E-state index in [4.69, 9.17) is 4.74 Å². The van der Waals surface area contributed by atoms with Crippen molar-refractivity contribution in [2.45, 2.75) is 37.5 Å². The second-order valence-electron chi connectivity index (χ2n) is 6.18. The lowest BCUT2D eigenvalue weighted by atomic mass is 9.77. The molecule has 0 unspecified atom stereocenters. The van der Waals surface area contributed by atoms with E-state index in [0.717, 1.165) is 31.4 Å². The molecule has 0 aromatic heterocycles. The number of likely N-dealkylation sites (N-methyl/N-ethyl adjacent to an activating group) is 1. The summed E-state index contributed by atoms with van der Waals surface area (Å²) in [4.78, 5) is 14.0. The first-order valence-corrected chi connectivity index (χ1v) is 7.55. The van der Waals surface area contributed by atoms with Crippen molar-refractivity contribution >= 4 is 5.97 Å². The molecule has 0 amide bonds. The van der Waals surface area contributed by atoms with E-state index in [0.29, 0.717) is 18.6 Å². The Balaban J connectivity index is 2.39. The Morgan fingerprint density at radius 1 is 1.33 bits per heavy atom. The maximum Gasteiger partial charge on any atom is 0.314 e. The summed E-state index contributed by atoms with van der Waals surface area (Å²) < 4.78 is 5.44. The van der Waals surface area contributed by atoms with Gasteiger partial charge in [0.25, 0.3) is 0 Å². The summed E-state index contributed by atoms with van der Waals surface area (Å²) in [6.07, 6.45) is 4.26. The van der Waals surface area contributed by atoms with Crippen molar-refractivity contribution in [3.05, 3.63) is 29.3 Å². The van der Waals surface area contributed by atoms with Crippen molar-refractivity contribution in [1.82, 2.24) is 4.90 Å². The van der Waals surface area contributed by atoms with E-state index >= 15 is 0 Å². The van der Waals surface area contributed by atoms with Crippen molar-refractivity contribution < 1.29 is 14.6 Å². The lowest BCUT2D eigenvalue weighted by Gasteiger charge is -2.27. The molecule has 0 saturated heterocycles. The summed E-state index contributed by atoms with van der Waals surface area (Å²) in [6.45, 7) is 0.950. The highest BCUT2D eigenvalue weighted by Crippen LogP contribution is 2.45. The Hall–Kier alpha value is -1.55. The van der Waals surface area contributed by atoms with Crippen LogP contribution in [0.3, 0.4) is 0 Å². The van der Waals surface area contributed by atoms with Crippen LogP contribution in [0.5, 0.6) is 5.75 Å². The second-order valence-corrected chi connectivity index (χ2v) is 6.18. The van der Waals surface area contributed by atoms with Crippen molar-refractivity contribution in [2.75, 3.05) is 27.7 Å². The number of aliphatic carboxylic acids is 1. The number of carboxylic acids is 1. The minimum Gasteiger partial charge on any atom is -0.496 e.